The van der Waals surface area contributed by atoms with Crippen molar-refractivity contribution < 1.29 is 4.79 Å². The summed E-state index contributed by atoms with van der Waals surface area (Å²) in [7, 11) is 0. The van der Waals surface area contributed by atoms with Crippen molar-refractivity contribution in [3.05, 3.63) is 65.9 Å². The highest BCUT2D eigenvalue weighted by atomic mass is 16.2. The number of carbonyl (C=O) groups excluding carboxylic acids is 1. The van der Waals surface area contributed by atoms with Crippen LogP contribution in [0.1, 0.15) is 35.3 Å². The number of hydrogen-bond acceptors (Lipinski definition) is 4. The van der Waals surface area contributed by atoms with Crippen LogP contribution in [0.3, 0.4) is 0 Å². The molecule has 6 heteroatoms. The second-order valence-corrected chi connectivity index (χ2v) is 6.75. The van der Waals surface area contributed by atoms with Crippen LogP contribution in [0.25, 0.3) is 11.3 Å². The summed E-state index contributed by atoms with van der Waals surface area (Å²) >= 11 is 0. The molecule has 3 aromatic rings. The van der Waals surface area contributed by atoms with E-state index < -0.39 is 0 Å². The molecule has 1 saturated heterocycles. The Morgan fingerprint density at radius 3 is 2.52 bits per heavy atom. The Kier molecular flexibility index (Phi) is 5.14. The lowest BCUT2D eigenvalue weighted by atomic mass is 10.1. The molecule has 2 N–H and O–H groups in total. The third-order valence-corrected chi connectivity index (χ3v) is 4.94. The average molecular weight is 361 g/mol. The number of aromatic nitrogens is 3. The number of carbonyl (C=O) groups is 1. The van der Waals surface area contributed by atoms with Gasteiger partial charge in [-0.2, -0.15) is 15.4 Å². The summed E-state index contributed by atoms with van der Waals surface area (Å²) in [4.78, 5) is 15.1. The standard InChI is InChI=1S/C21H23N5O/c27-21(20-19(23-25-24-20)16-9-3-1-4-10-16)22-15-17-11-5-6-12-18(17)26-13-7-2-8-14-26/h1,3-6,9-12H,2,7-8,13-15H2,(H,22,27)(H,23,24,25). The van der Waals surface area contributed by atoms with Crippen LogP contribution in [0.5, 0.6) is 0 Å². The van der Waals surface area contributed by atoms with Crippen LogP contribution in [0, 0.1) is 0 Å². The molecule has 0 saturated carbocycles. The fourth-order valence-electron chi connectivity index (χ4n) is 3.55. The second-order valence-electron chi connectivity index (χ2n) is 6.75. The molecule has 1 amide bonds. The first-order chi connectivity index (χ1) is 13.3. The predicted molar refractivity (Wildman–Crippen MR) is 105 cm³/mol. The summed E-state index contributed by atoms with van der Waals surface area (Å²) in [5.41, 5.74) is 4.08. The Balaban J connectivity index is 1.49. The van der Waals surface area contributed by atoms with Gasteiger partial charge in [-0.3, -0.25) is 4.79 Å². The molecule has 1 fully saturated rings. The SMILES string of the molecule is O=C(NCc1ccccc1N1CCCCC1)c1n[nH]nc1-c1ccccc1. The van der Waals surface area contributed by atoms with Crippen molar-refractivity contribution in [3.63, 3.8) is 0 Å². The number of nitrogens with zero attached hydrogens (tertiary/aromatic N) is 3. The van der Waals surface area contributed by atoms with Crippen molar-refractivity contribution in [1.29, 1.82) is 0 Å². The van der Waals surface area contributed by atoms with E-state index >= 15 is 0 Å². The van der Waals surface area contributed by atoms with Crippen LogP contribution < -0.4 is 10.2 Å². The van der Waals surface area contributed by atoms with Crippen molar-refractivity contribution in [2.75, 3.05) is 18.0 Å². The van der Waals surface area contributed by atoms with Crippen molar-refractivity contribution in [2.45, 2.75) is 25.8 Å². The third-order valence-electron chi connectivity index (χ3n) is 4.94. The van der Waals surface area contributed by atoms with E-state index in [1.807, 2.05) is 36.4 Å². The zero-order valence-corrected chi connectivity index (χ0v) is 15.2. The number of piperidine rings is 1. The molecule has 4 rings (SSSR count). The van der Waals surface area contributed by atoms with E-state index in [0.29, 0.717) is 17.9 Å². The molecule has 1 aromatic heterocycles. The Labute approximate surface area is 158 Å². The van der Waals surface area contributed by atoms with Gasteiger partial charge in [0.05, 0.1) is 0 Å². The molecule has 0 aliphatic carbocycles. The Morgan fingerprint density at radius 2 is 1.70 bits per heavy atom. The monoisotopic (exact) mass is 361 g/mol. The van der Waals surface area contributed by atoms with Crippen LogP contribution in [0.15, 0.2) is 54.6 Å². The van der Waals surface area contributed by atoms with Gasteiger partial charge in [0.2, 0.25) is 0 Å². The molecular weight excluding hydrogens is 338 g/mol. The van der Waals surface area contributed by atoms with Crippen molar-refractivity contribution in [1.82, 2.24) is 20.7 Å². The van der Waals surface area contributed by atoms with E-state index in [0.717, 1.165) is 24.2 Å². The maximum atomic E-state index is 12.7. The van der Waals surface area contributed by atoms with Gasteiger partial charge in [0.15, 0.2) is 5.69 Å². The summed E-state index contributed by atoms with van der Waals surface area (Å²) < 4.78 is 0. The van der Waals surface area contributed by atoms with Gasteiger partial charge in [-0.25, -0.2) is 0 Å². The summed E-state index contributed by atoms with van der Waals surface area (Å²) in [6, 6.07) is 17.9. The van der Waals surface area contributed by atoms with E-state index in [2.05, 4.69) is 43.8 Å². The minimum Gasteiger partial charge on any atom is -0.371 e. The van der Waals surface area contributed by atoms with E-state index in [-0.39, 0.29) is 5.91 Å². The molecule has 2 heterocycles. The quantitative estimate of drug-likeness (QED) is 0.730. The molecule has 0 spiro atoms. The fourth-order valence-corrected chi connectivity index (χ4v) is 3.55. The van der Waals surface area contributed by atoms with Crippen molar-refractivity contribution >= 4 is 11.6 Å². The molecule has 6 nitrogen and oxygen atoms in total. The normalized spacial score (nSPS) is 14.1. The predicted octanol–water partition coefficient (Wildman–Crippen LogP) is 3.39. The number of anilines is 1. The molecule has 0 atom stereocenters. The highest BCUT2D eigenvalue weighted by molar-refractivity contribution is 5.97. The Morgan fingerprint density at radius 1 is 0.963 bits per heavy atom. The molecule has 27 heavy (non-hydrogen) atoms. The summed E-state index contributed by atoms with van der Waals surface area (Å²) in [6.45, 7) is 2.62. The number of hydrogen-bond donors (Lipinski definition) is 2. The molecule has 2 aromatic carbocycles. The van der Waals surface area contributed by atoms with Gasteiger partial charge in [-0.05, 0) is 30.9 Å². The molecule has 1 aliphatic heterocycles. The summed E-state index contributed by atoms with van der Waals surface area (Å²) in [5.74, 6) is -0.226. The first-order valence-electron chi connectivity index (χ1n) is 9.40. The van der Waals surface area contributed by atoms with Crippen LogP contribution in [0.4, 0.5) is 5.69 Å². The first kappa shape index (κ1) is 17.3. The maximum Gasteiger partial charge on any atom is 0.274 e. The number of aromatic amines is 1. The molecule has 0 unspecified atom stereocenters. The highest BCUT2D eigenvalue weighted by Crippen LogP contribution is 2.24. The van der Waals surface area contributed by atoms with E-state index in [9.17, 15) is 4.79 Å². The van der Waals surface area contributed by atoms with Gasteiger partial charge >= 0.3 is 0 Å². The fraction of sp³-hybridized carbons (Fsp3) is 0.286. The molecule has 0 bridgehead atoms. The van der Waals surface area contributed by atoms with Gasteiger partial charge in [0.1, 0.15) is 5.69 Å². The van der Waals surface area contributed by atoms with Crippen molar-refractivity contribution in [2.24, 2.45) is 0 Å². The van der Waals surface area contributed by atoms with E-state index in [4.69, 9.17) is 0 Å². The lowest BCUT2D eigenvalue weighted by Gasteiger charge is -2.30. The lowest BCUT2D eigenvalue weighted by molar-refractivity contribution is 0.0946. The van der Waals surface area contributed by atoms with Gasteiger partial charge in [0.25, 0.3) is 5.91 Å². The molecule has 138 valence electrons. The zero-order valence-electron chi connectivity index (χ0n) is 15.2. The number of amides is 1. The van der Waals surface area contributed by atoms with Crippen molar-refractivity contribution in [3.8, 4) is 11.3 Å². The van der Waals surface area contributed by atoms with E-state index in [1.165, 1.54) is 24.9 Å². The van der Waals surface area contributed by atoms with Gasteiger partial charge in [0, 0.05) is 30.9 Å². The average Bonchev–Trinajstić information content (AvgIpc) is 3.24. The smallest absolute Gasteiger partial charge is 0.274 e. The largest absolute Gasteiger partial charge is 0.371 e. The van der Waals surface area contributed by atoms with Crippen LogP contribution in [0.2, 0.25) is 0 Å². The van der Waals surface area contributed by atoms with Gasteiger partial charge in [-0.1, -0.05) is 48.5 Å². The van der Waals surface area contributed by atoms with Crippen LogP contribution in [-0.2, 0) is 6.54 Å². The minimum atomic E-state index is -0.226. The Bertz CT molecular complexity index is 900. The second kappa shape index (κ2) is 8.03. The highest BCUT2D eigenvalue weighted by Gasteiger charge is 2.19. The third kappa shape index (κ3) is 3.84. The molecule has 1 aliphatic rings. The molecular formula is C21H23N5O. The van der Waals surface area contributed by atoms with E-state index in [1.54, 1.807) is 0 Å². The number of para-hydroxylation sites is 1. The van der Waals surface area contributed by atoms with Gasteiger partial charge < -0.3 is 10.2 Å². The zero-order chi connectivity index (χ0) is 18.5. The topological polar surface area (TPSA) is 73.9 Å². The lowest BCUT2D eigenvalue weighted by Crippen LogP contribution is -2.31. The number of H-pyrrole nitrogens is 1. The maximum absolute atomic E-state index is 12.7. The summed E-state index contributed by atoms with van der Waals surface area (Å²) in [5, 5.41) is 13.8. The number of rotatable bonds is 5. The minimum absolute atomic E-state index is 0.226. The number of nitrogens with one attached hydrogen (secondary N) is 2. The van der Waals surface area contributed by atoms with Crippen LogP contribution >= 0.6 is 0 Å². The number of benzene rings is 2. The first-order valence-corrected chi connectivity index (χ1v) is 9.40. The molecule has 0 radical (unpaired) electrons. The Hall–Kier alpha value is -3.15. The van der Waals surface area contributed by atoms with Gasteiger partial charge in [-0.15, -0.1) is 0 Å². The van der Waals surface area contributed by atoms with Crippen LogP contribution in [-0.4, -0.2) is 34.4 Å². The summed E-state index contributed by atoms with van der Waals surface area (Å²) in [6.07, 6.45) is 3.74.